The largest absolute Gasteiger partial charge is 0.388 e. The number of hydrogen-bond acceptors (Lipinski definition) is 1. The fraction of sp³-hybridized carbons (Fsp3) is 0.467. The van der Waals surface area contributed by atoms with E-state index in [0.717, 1.165) is 33.9 Å². The molecule has 4 rings (SSSR count). The number of halogens is 1. The highest BCUT2D eigenvalue weighted by Crippen LogP contribution is 2.39. The van der Waals surface area contributed by atoms with Gasteiger partial charge in [0.15, 0.2) is 0 Å². The first-order valence-electron chi connectivity index (χ1n) is 12.6. The zero-order valence-corrected chi connectivity index (χ0v) is 19.7. The summed E-state index contributed by atoms with van der Waals surface area (Å²) in [5.41, 5.74) is 6.51. The van der Waals surface area contributed by atoms with Gasteiger partial charge in [0.2, 0.25) is 0 Å². The number of unbranched alkanes of at least 4 members (excludes halogenated alkanes) is 2. The minimum atomic E-state index is -0.960. The lowest BCUT2D eigenvalue weighted by atomic mass is 9.77. The minimum Gasteiger partial charge on any atom is -0.388 e. The molecule has 1 atom stereocenters. The maximum atomic E-state index is 15.0. The third-order valence-electron chi connectivity index (χ3n) is 7.52. The number of rotatable bonds is 8. The van der Waals surface area contributed by atoms with Gasteiger partial charge in [0, 0.05) is 19.2 Å². The molecule has 170 valence electrons. The summed E-state index contributed by atoms with van der Waals surface area (Å²) in [7, 11) is 1.90. The summed E-state index contributed by atoms with van der Waals surface area (Å²) in [5, 5.41) is 3.11. The normalized spacial score (nSPS) is 23.4. The number of hydrogen-bond donors (Lipinski definition) is 1. The standard InChI is InChI=1S/C30H38FN/c1-3-4-5-6-22-7-9-23(10-8-22)24-11-13-25(14-12-24)27-17-20-29(30(31)21-27)26-15-18-28(32-2)19-16-26/h11-20,22-23,30,32H,3-10,21H2,1-2H3. The Morgan fingerprint density at radius 3 is 2.16 bits per heavy atom. The fourth-order valence-electron chi connectivity index (χ4n) is 5.42. The summed E-state index contributed by atoms with van der Waals surface area (Å²) < 4.78 is 15.0. The summed E-state index contributed by atoms with van der Waals surface area (Å²) in [4.78, 5) is 0. The molecule has 2 aromatic rings. The summed E-state index contributed by atoms with van der Waals surface area (Å²) in [6, 6.07) is 17.0. The third-order valence-corrected chi connectivity index (χ3v) is 7.52. The van der Waals surface area contributed by atoms with Crippen LogP contribution in [0, 0.1) is 5.92 Å². The van der Waals surface area contributed by atoms with Crippen molar-refractivity contribution in [3.63, 3.8) is 0 Å². The molecule has 0 heterocycles. The van der Waals surface area contributed by atoms with E-state index in [9.17, 15) is 0 Å². The molecule has 0 aliphatic heterocycles. The summed E-state index contributed by atoms with van der Waals surface area (Å²) in [6.07, 6.45) is 14.5. The average molecular weight is 432 g/mol. The van der Waals surface area contributed by atoms with Crippen LogP contribution in [0.5, 0.6) is 0 Å². The van der Waals surface area contributed by atoms with E-state index in [4.69, 9.17) is 0 Å². The Labute approximate surface area is 193 Å². The summed E-state index contributed by atoms with van der Waals surface area (Å²) in [5.74, 6) is 1.65. The van der Waals surface area contributed by atoms with Crippen LogP contribution in [0.1, 0.15) is 87.3 Å². The minimum absolute atomic E-state index is 0.446. The van der Waals surface area contributed by atoms with Crippen LogP contribution in [0.2, 0.25) is 0 Å². The lowest BCUT2D eigenvalue weighted by molar-refractivity contribution is 0.303. The molecular weight excluding hydrogens is 393 g/mol. The van der Waals surface area contributed by atoms with Crippen molar-refractivity contribution < 1.29 is 4.39 Å². The average Bonchev–Trinajstić information content (AvgIpc) is 2.85. The molecule has 0 bridgehead atoms. The van der Waals surface area contributed by atoms with Crippen molar-refractivity contribution in [2.24, 2.45) is 5.92 Å². The first kappa shape index (κ1) is 22.8. The molecule has 0 amide bonds. The van der Waals surface area contributed by atoms with E-state index >= 15 is 4.39 Å². The van der Waals surface area contributed by atoms with Gasteiger partial charge in [-0.15, -0.1) is 0 Å². The summed E-state index contributed by atoms with van der Waals surface area (Å²) in [6.45, 7) is 2.29. The zero-order valence-electron chi connectivity index (χ0n) is 19.7. The SMILES string of the molecule is CCCCCC1CCC(c2ccc(C3=CC=C(c4ccc(NC)cc4)C(F)C3)cc2)CC1. The van der Waals surface area contributed by atoms with Crippen LogP contribution in [0.3, 0.4) is 0 Å². The number of benzene rings is 2. The fourth-order valence-corrected chi connectivity index (χ4v) is 5.42. The number of anilines is 1. The van der Waals surface area contributed by atoms with Crippen LogP contribution in [0.4, 0.5) is 10.1 Å². The first-order chi connectivity index (χ1) is 15.7. The van der Waals surface area contributed by atoms with Crippen LogP contribution in [-0.2, 0) is 0 Å². The molecule has 0 saturated heterocycles. The molecule has 1 unspecified atom stereocenters. The molecule has 0 spiro atoms. The van der Waals surface area contributed by atoms with Gasteiger partial charge < -0.3 is 5.32 Å². The molecule has 2 heteroatoms. The van der Waals surface area contributed by atoms with Crippen LogP contribution in [-0.4, -0.2) is 13.2 Å². The molecule has 0 radical (unpaired) electrons. The van der Waals surface area contributed by atoms with Gasteiger partial charge in [-0.3, -0.25) is 0 Å². The van der Waals surface area contributed by atoms with Crippen molar-refractivity contribution in [1.29, 1.82) is 0 Å². The second kappa shape index (κ2) is 11.0. The second-order valence-electron chi connectivity index (χ2n) is 9.65. The molecule has 1 nitrogen and oxygen atoms in total. The number of nitrogens with one attached hydrogen (secondary N) is 1. The van der Waals surface area contributed by atoms with Gasteiger partial charge in [0.1, 0.15) is 6.17 Å². The number of allylic oxidation sites excluding steroid dienone is 4. The van der Waals surface area contributed by atoms with E-state index in [1.54, 1.807) is 0 Å². The molecule has 32 heavy (non-hydrogen) atoms. The van der Waals surface area contributed by atoms with Crippen molar-refractivity contribution in [3.05, 3.63) is 77.4 Å². The van der Waals surface area contributed by atoms with Crippen LogP contribution in [0.15, 0.2) is 60.7 Å². The van der Waals surface area contributed by atoms with Crippen molar-refractivity contribution in [2.45, 2.75) is 76.8 Å². The Balaban J connectivity index is 1.38. The molecule has 2 aromatic carbocycles. The van der Waals surface area contributed by atoms with E-state index in [1.165, 1.54) is 56.9 Å². The van der Waals surface area contributed by atoms with Crippen molar-refractivity contribution in [1.82, 2.24) is 0 Å². The Kier molecular flexibility index (Phi) is 7.84. The Bertz CT molecular complexity index is 914. The molecular formula is C30H38FN. The second-order valence-corrected chi connectivity index (χ2v) is 9.65. The molecule has 1 fully saturated rings. The highest BCUT2D eigenvalue weighted by molar-refractivity contribution is 5.81. The van der Waals surface area contributed by atoms with Gasteiger partial charge in [-0.05, 0) is 77.5 Å². The third kappa shape index (κ3) is 5.52. The van der Waals surface area contributed by atoms with Crippen molar-refractivity contribution in [3.8, 4) is 0 Å². The van der Waals surface area contributed by atoms with Crippen LogP contribution in [0.25, 0.3) is 11.1 Å². The first-order valence-corrected chi connectivity index (χ1v) is 12.6. The van der Waals surface area contributed by atoms with Crippen LogP contribution < -0.4 is 5.32 Å². The highest BCUT2D eigenvalue weighted by Gasteiger charge is 2.23. The molecule has 1 N–H and O–H groups in total. The Hall–Kier alpha value is -2.35. The van der Waals surface area contributed by atoms with Gasteiger partial charge in [-0.25, -0.2) is 4.39 Å². The van der Waals surface area contributed by atoms with Gasteiger partial charge in [0.05, 0.1) is 0 Å². The van der Waals surface area contributed by atoms with E-state index in [-0.39, 0.29) is 0 Å². The number of alkyl halides is 1. The smallest absolute Gasteiger partial charge is 0.130 e. The van der Waals surface area contributed by atoms with E-state index in [1.807, 2.05) is 37.4 Å². The maximum Gasteiger partial charge on any atom is 0.130 e. The topological polar surface area (TPSA) is 12.0 Å². The Morgan fingerprint density at radius 2 is 1.53 bits per heavy atom. The van der Waals surface area contributed by atoms with E-state index in [2.05, 4.69) is 42.6 Å². The van der Waals surface area contributed by atoms with E-state index in [0.29, 0.717) is 12.3 Å². The lowest BCUT2D eigenvalue weighted by Gasteiger charge is -2.29. The van der Waals surface area contributed by atoms with E-state index < -0.39 is 6.17 Å². The van der Waals surface area contributed by atoms with Gasteiger partial charge in [0.25, 0.3) is 0 Å². The van der Waals surface area contributed by atoms with Gasteiger partial charge >= 0.3 is 0 Å². The predicted octanol–water partition coefficient (Wildman–Crippen LogP) is 8.79. The quantitative estimate of drug-likeness (QED) is 0.412. The molecule has 2 aliphatic carbocycles. The van der Waals surface area contributed by atoms with Crippen molar-refractivity contribution >= 4 is 16.8 Å². The predicted molar refractivity (Wildman–Crippen MR) is 137 cm³/mol. The lowest BCUT2D eigenvalue weighted by Crippen LogP contribution is -2.13. The molecule has 0 aromatic heterocycles. The van der Waals surface area contributed by atoms with Gasteiger partial charge in [-0.2, -0.15) is 0 Å². The van der Waals surface area contributed by atoms with Gasteiger partial charge in [-0.1, -0.05) is 81.2 Å². The van der Waals surface area contributed by atoms with Crippen molar-refractivity contribution in [2.75, 3.05) is 12.4 Å². The molecule has 1 saturated carbocycles. The highest BCUT2D eigenvalue weighted by atomic mass is 19.1. The Morgan fingerprint density at radius 1 is 0.844 bits per heavy atom. The maximum absolute atomic E-state index is 15.0. The molecule has 2 aliphatic rings. The zero-order chi connectivity index (χ0) is 22.3. The monoisotopic (exact) mass is 431 g/mol. The summed E-state index contributed by atoms with van der Waals surface area (Å²) >= 11 is 0. The van der Waals surface area contributed by atoms with Crippen LogP contribution >= 0.6 is 0 Å².